The number of rotatable bonds is 7. The molecule has 2 heterocycles. The van der Waals surface area contributed by atoms with Crippen LogP contribution in [0.1, 0.15) is 42.3 Å². The number of aryl methyl sites for hydroxylation is 1. The third-order valence-electron chi connectivity index (χ3n) is 3.10. The van der Waals surface area contributed by atoms with Crippen LogP contribution in [0.2, 0.25) is 0 Å². The summed E-state index contributed by atoms with van der Waals surface area (Å²) in [4.78, 5) is 20.6. The molecule has 6 nitrogen and oxygen atoms in total. The zero-order valence-electron chi connectivity index (χ0n) is 13.2. The van der Waals surface area contributed by atoms with Crippen LogP contribution in [0.3, 0.4) is 0 Å². The molecule has 0 aromatic carbocycles. The summed E-state index contributed by atoms with van der Waals surface area (Å²) in [5.74, 6) is 2.32. The topological polar surface area (TPSA) is 80.0 Å². The molecule has 0 aliphatic carbocycles. The van der Waals surface area contributed by atoms with Crippen molar-refractivity contribution >= 4 is 11.7 Å². The second-order valence-corrected chi connectivity index (χ2v) is 5.56. The number of carbonyl (C=O) groups is 1. The minimum Gasteiger partial charge on any atom is -0.467 e. The van der Waals surface area contributed by atoms with Crippen LogP contribution >= 0.6 is 0 Å². The predicted molar refractivity (Wildman–Crippen MR) is 84.6 cm³/mol. The number of hydrogen-bond donors (Lipinski definition) is 2. The van der Waals surface area contributed by atoms with Gasteiger partial charge < -0.3 is 15.1 Å². The average Bonchev–Trinajstić information content (AvgIpc) is 2.97. The molecule has 0 saturated carbocycles. The summed E-state index contributed by atoms with van der Waals surface area (Å²) in [6.07, 6.45) is 2.62. The number of amides is 1. The van der Waals surface area contributed by atoms with Gasteiger partial charge in [-0.1, -0.05) is 13.8 Å². The normalized spacial score (nSPS) is 10.7. The van der Waals surface area contributed by atoms with E-state index in [4.69, 9.17) is 4.42 Å². The highest BCUT2D eigenvalue weighted by atomic mass is 16.3. The first-order valence-corrected chi connectivity index (χ1v) is 7.44. The standard InChI is InChI=1S/C16H22N4O2/c1-11(2)6-7-17-15-9-14(19-12(3)20-15)16(21)18-10-13-5-4-8-22-13/h4-5,8-9,11H,6-7,10H2,1-3H3,(H,18,21)(H,17,19,20). The maximum absolute atomic E-state index is 12.2. The first-order chi connectivity index (χ1) is 10.5. The van der Waals surface area contributed by atoms with Crippen LogP contribution < -0.4 is 10.6 Å². The van der Waals surface area contributed by atoms with E-state index in [9.17, 15) is 4.79 Å². The van der Waals surface area contributed by atoms with E-state index in [1.54, 1.807) is 25.3 Å². The van der Waals surface area contributed by atoms with Gasteiger partial charge in [0, 0.05) is 12.6 Å². The second kappa shape index (κ2) is 7.59. The fourth-order valence-corrected chi connectivity index (χ4v) is 1.93. The summed E-state index contributed by atoms with van der Waals surface area (Å²) in [5, 5.41) is 6.01. The molecule has 0 aliphatic rings. The quantitative estimate of drug-likeness (QED) is 0.822. The lowest BCUT2D eigenvalue weighted by molar-refractivity contribution is 0.0942. The van der Waals surface area contributed by atoms with Crippen LogP contribution in [0.5, 0.6) is 0 Å². The highest BCUT2D eigenvalue weighted by Gasteiger charge is 2.11. The fraction of sp³-hybridized carbons (Fsp3) is 0.438. The van der Waals surface area contributed by atoms with Crippen molar-refractivity contribution in [3.63, 3.8) is 0 Å². The van der Waals surface area contributed by atoms with Crippen molar-refractivity contribution in [2.45, 2.75) is 33.7 Å². The van der Waals surface area contributed by atoms with E-state index in [2.05, 4.69) is 34.4 Å². The van der Waals surface area contributed by atoms with Crippen molar-refractivity contribution in [3.05, 3.63) is 41.7 Å². The maximum Gasteiger partial charge on any atom is 0.270 e. The van der Waals surface area contributed by atoms with E-state index in [1.807, 2.05) is 6.07 Å². The van der Waals surface area contributed by atoms with Crippen molar-refractivity contribution in [1.29, 1.82) is 0 Å². The Balaban J connectivity index is 1.97. The molecule has 0 fully saturated rings. The lowest BCUT2D eigenvalue weighted by Crippen LogP contribution is -2.24. The van der Waals surface area contributed by atoms with Crippen molar-refractivity contribution in [1.82, 2.24) is 15.3 Å². The zero-order valence-corrected chi connectivity index (χ0v) is 13.2. The largest absolute Gasteiger partial charge is 0.467 e. The molecule has 2 rings (SSSR count). The summed E-state index contributed by atoms with van der Waals surface area (Å²) in [6.45, 7) is 7.27. The van der Waals surface area contributed by atoms with E-state index >= 15 is 0 Å². The van der Waals surface area contributed by atoms with Gasteiger partial charge in [0.2, 0.25) is 0 Å². The molecule has 1 amide bonds. The molecular formula is C16H22N4O2. The summed E-state index contributed by atoms with van der Waals surface area (Å²) < 4.78 is 5.18. The number of anilines is 1. The molecule has 118 valence electrons. The second-order valence-electron chi connectivity index (χ2n) is 5.56. The molecule has 2 aromatic heterocycles. The highest BCUT2D eigenvalue weighted by molar-refractivity contribution is 5.92. The Bertz CT molecular complexity index is 609. The Morgan fingerprint density at radius 2 is 2.18 bits per heavy atom. The van der Waals surface area contributed by atoms with Gasteiger partial charge in [-0.05, 0) is 31.4 Å². The lowest BCUT2D eigenvalue weighted by Gasteiger charge is -2.10. The Morgan fingerprint density at radius 3 is 2.86 bits per heavy atom. The van der Waals surface area contributed by atoms with Crippen LogP contribution in [-0.4, -0.2) is 22.4 Å². The minimum absolute atomic E-state index is 0.242. The molecule has 2 aromatic rings. The third-order valence-corrected chi connectivity index (χ3v) is 3.10. The summed E-state index contributed by atoms with van der Waals surface area (Å²) in [5.41, 5.74) is 0.353. The molecule has 0 bridgehead atoms. The molecule has 0 saturated heterocycles. The molecule has 0 spiro atoms. The van der Waals surface area contributed by atoms with Crippen molar-refractivity contribution in [2.24, 2.45) is 5.92 Å². The number of nitrogens with zero attached hydrogens (tertiary/aromatic N) is 2. The molecule has 0 radical (unpaired) electrons. The molecule has 0 atom stereocenters. The molecule has 2 N–H and O–H groups in total. The third kappa shape index (κ3) is 4.87. The van der Waals surface area contributed by atoms with E-state index in [0.29, 0.717) is 35.6 Å². The Morgan fingerprint density at radius 1 is 1.36 bits per heavy atom. The first-order valence-electron chi connectivity index (χ1n) is 7.44. The van der Waals surface area contributed by atoms with E-state index in [1.165, 1.54) is 0 Å². The van der Waals surface area contributed by atoms with Gasteiger partial charge in [0.25, 0.3) is 5.91 Å². The maximum atomic E-state index is 12.2. The van der Waals surface area contributed by atoms with E-state index in [-0.39, 0.29) is 5.91 Å². The van der Waals surface area contributed by atoms with Gasteiger partial charge in [0.1, 0.15) is 23.1 Å². The summed E-state index contributed by atoms with van der Waals surface area (Å²) >= 11 is 0. The minimum atomic E-state index is -0.242. The van der Waals surface area contributed by atoms with Gasteiger partial charge in [-0.25, -0.2) is 9.97 Å². The van der Waals surface area contributed by atoms with Gasteiger partial charge in [-0.3, -0.25) is 4.79 Å². The van der Waals surface area contributed by atoms with Crippen LogP contribution in [0.4, 0.5) is 5.82 Å². The Labute approximate surface area is 130 Å². The van der Waals surface area contributed by atoms with Gasteiger partial charge in [-0.2, -0.15) is 0 Å². The van der Waals surface area contributed by atoms with Crippen LogP contribution in [0.15, 0.2) is 28.9 Å². The Hall–Kier alpha value is -2.37. The average molecular weight is 302 g/mol. The van der Waals surface area contributed by atoms with Crippen molar-refractivity contribution in [2.75, 3.05) is 11.9 Å². The number of nitrogens with one attached hydrogen (secondary N) is 2. The highest BCUT2D eigenvalue weighted by Crippen LogP contribution is 2.09. The van der Waals surface area contributed by atoms with Gasteiger partial charge in [-0.15, -0.1) is 0 Å². The predicted octanol–water partition coefficient (Wildman–Crippen LogP) is 2.77. The van der Waals surface area contributed by atoms with Crippen LogP contribution in [0.25, 0.3) is 0 Å². The van der Waals surface area contributed by atoms with Crippen molar-refractivity contribution in [3.8, 4) is 0 Å². The first kappa shape index (κ1) is 16.0. The fourth-order valence-electron chi connectivity index (χ4n) is 1.93. The molecule has 6 heteroatoms. The molecular weight excluding hydrogens is 280 g/mol. The van der Waals surface area contributed by atoms with Crippen LogP contribution in [0, 0.1) is 12.8 Å². The lowest BCUT2D eigenvalue weighted by atomic mass is 10.1. The van der Waals surface area contributed by atoms with E-state index < -0.39 is 0 Å². The zero-order chi connectivity index (χ0) is 15.9. The monoisotopic (exact) mass is 302 g/mol. The molecule has 0 unspecified atom stereocenters. The van der Waals surface area contributed by atoms with Gasteiger partial charge in [0.05, 0.1) is 12.8 Å². The number of aromatic nitrogens is 2. The van der Waals surface area contributed by atoms with Gasteiger partial charge in [0.15, 0.2) is 0 Å². The van der Waals surface area contributed by atoms with E-state index in [0.717, 1.165) is 13.0 Å². The summed E-state index contributed by atoms with van der Waals surface area (Å²) in [6, 6.07) is 5.27. The van der Waals surface area contributed by atoms with Crippen LogP contribution in [-0.2, 0) is 6.54 Å². The number of carbonyl (C=O) groups excluding carboxylic acids is 1. The van der Waals surface area contributed by atoms with Crippen molar-refractivity contribution < 1.29 is 9.21 Å². The Kier molecular flexibility index (Phi) is 5.52. The molecule has 0 aliphatic heterocycles. The molecule has 22 heavy (non-hydrogen) atoms. The number of hydrogen-bond acceptors (Lipinski definition) is 5. The smallest absolute Gasteiger partial charge is 0.270 e. The number of furan rings is 1. The van der Waals surface area contributed by atoms with Gasteiger partial charge >= 0.3 is 0 Å². The SMILES string of the molecule is Cc1nc(NCCC(C)C)cc(C(=O)NCc2ccco2)n1. The summed E-state index contributed by atoms with van der Waals surface area (Å²) in [7, 11) is 0.